The van der Waals surface area contributed by atoms with Crippen LogP contribution in [-0.2, 0) is 0 Å². The zero-order chi connectivity index (χ0) is 11.7. The van der Waals surface area contributed by atoms with Gasteiger partial charge in [-0.05, 0) is 13.0 Å². The molecule has 4 nitrogen and oxygen atoms in total. The van der Waals surface area contributed by atoms with Gasteiger partial charge >= 0.3 is 5.69 Å². The molecule has 0 spiro atoms. The SMILES string of the molecule is CC(=O)c1cc(F)c(F)c([N+](=O)[O-])c1F. The highest BCUT2D eigenvalue weighted by Crippen LogP contribution is 2.26. The lowest BCUT2D eigenvalue weighted by molar-refractivity contribution is -0.390. The van der Waals surface area contributed by atoms with E-state index in [1.54, 1.807) is 0 Å². The summed E-state index contributed by atoms with van der Waals surface area (Å²) in [5.74, 6) is -6.13. The van der Waals surface area contributed by atoms with Crippen LogP contribution in [0.4, 0.5) is 18.9 Å². The fraction of sp³-hybridized carbons (Fsp3) is 0.125. The van der Waals surface area contributed by atoms with Crippen molar-refractivity contribution in [1.29, 1.82) is 0 Å². The van der Waals surface area contributed by atoms with E-state index in [0.29, 0.717) is 6.07 Å². The first-order valence-electron chi connectivity index (χ1n) is 3.69. The lowest BCUT2D eigenvalue weighted by Gasteiger charge is -2.01. The predicted molar refractivity (Wildman–Crippen MR) is 43.0 cm³/mol. The van der Waals surface area contributed by atoms with Crippen LogP contribution in [0.15, 0.2) is 6.07 Å². The third kappa shape index (κ3) is 1.80. The van der Waals surface area contributed by atoms with Crippen molar-refractivity contribution >= 4 is 11.5 Å². The number of nitro groups is 1. The largest absolute Gasteiger partial charge is 0.343 e. The molecule has 0 atom stereocenters. The Balaban J connectivity index is 3.63. The summed E-state index contributed by atoms with van der Waals surface area (Å²) in [6.45, 7) is 0.888. The Morgan fingerprint density at radius 1 is 1.33 bits per heavy atom. The molecule has 0 bridgehead atoms. The van der Waals surface area contributed by atoms with E-state index in [1.807, 2.05) is 0 Å². The van der Waals surface area contributed by atoms with Crippen LogP contribution in [0, 0.1) is 27.6 Å². The minimum absolute atomic E-state index is 0.292. The Labute approximate surface area is 81.5 Å². The number of nitro benzene ring substituents is 1. The van der Waals surface area contributed by atoms with Crippen LogP contribution in [0.3, 0.4) is 0 Å². The number of rotatable bonds is 2. The quantitative estimate of drug-likeness (QED) is 0.331. The number of Topliss-reactive ketones (excluding diaryl/α,β-unsaturated/α-hetero) is 1. The molecule has 15 heavy (non-hydrogen) atoms. The van der Waals surface area contributed by atoms with Gasteiger partial charge in [-0.2, -0.15) is 8.78 Å². The van der Waals surface area contributed by atoms with E-state index in [1.165, 1.54) is 0 Å². The van der Waals surface area contributed by atoms with Gasteiger partial charge in [0.1, 0.15) is 0 Å². The van der Waals surface area contributed by atoms with E-state index in [9.17, 15) is 28.1 Å². The number of nitrogens with zero attached hydrogens (tertiary/aromatic N) is 1. The van der Waals surface area contributed by atoms with E-state index in [4.69, 9.17) is 0 Å². The molecule has 1 aromatic rings. The molecule has 0 heterocycles. The molecule has 0 fully saturated rings. The lowest BCUT2D eigenvalue weighted by atomic mass is 10.1. The van der Waals surface area contributed by atoms with Crippen LogP contribution >= 0.6 is 0 Å². The van der Waals surface area contributed by atoms with Gasteiger partial charge < -0.3 is 0 Å². The summed E-state index contributed by atoms with van der Waals surface area (Å²) in [5.41, 5.74) is -2.50. The van der Waals surface area contributed by atoms with Gasteiger partial charge in [-0.3, -0.25) is 14.9 Å². The number of carbonyl (C=O) groups is 1. The average molecular weight is 219 g/mol. The summed E-state index contributed by atoms with van der Waals surface area (Å²) in [6.07, 6.45) is 0. The summed E-state index contributed by atoms with van der Waals surface area (Å²) in [5, 5.41) is 10.2. The van der Waals surface area contributed by atoms with Crippen LogP contribution in [0.25, 0.3) is 0 Å². The van der Waals surface area contributed by atoms with Gasteiger partial charge in [0.25, 0.3) is 0 Å². The minimum Gasteiger partial charge on any atom is -0.294 e. The minimum atomic E-state index is -1.91. The highest BCUT2D eigenvalue weighted by Gasteiger charge is 2.29. The number of hydrogen-bond acceptors (Lipinski definition) is 3. The van der Waals surface area contributed by atoms with Crippen molar-refractivity contribution in [1.82, 2.24) is 0 Å². The van der Waals surface area contributed by atoms with Gasteiger partial charge in [-0.1, -0.05) is 0 Å². The molecule has 0 amide bonds. The normalized spacial score (nSPS) is 10.1. The van der Waals surface area contributed by atoms with E-state index in [-0.39, 0.29) is 0 Å². The van der Waals surface area contributed by atoms with Crippen LogP contribution in [-0.4, -0.2) is 10.7 Å². The Hall–Kier alpha value is -1.92. The third-order valence-corrected chi connectivity index (χ3v) is 1.69. The number of halogens is 3. The second-order valence-electron chi connectivity index (χ2n) is 2.70. The molecule has 0 aliphatic carbocycles. The molecule has 0 radical (unpaired) electrons. The zero-order valence-corrected chi connectivity index (χ0v) is 7.38. The Morgan fingerprint density at radius 3 is 2.27 bits per heavy atom. The first kappa shape index (κ1) is 11.2. The van der Waals surface area contributed by atoms with Crippen LogP contribution in [0.1, 0.15) is 17.3 Å². The maximum absolute atomic E-state index is 13.1. The molecule has 0 N–H and O–H groups in total. The van der Waals surface area contributed by atoms with Gasteiger partial charge in [-0.15, -0.1) is 0 Å². The maximum Gasteiger partial charge on any atom is 0.343 e. The van der Waals surface area contributed by atoms with Gasteiger partial charge in [0, 0.05) is 0 Å². The second kappa shape index (κ2) is 3.68. The first-order valence-corrected chi connectivity index (χ1v) is 3.69. The second-order valence-corrected chi connectivity index (χ2v) is 2.70. The highest BCUT2D eigenvalue weighted by atomic mass is 19.2. The summed E-state index contributed by atoms with van der Waals surface area (Å²) in [4.78, 5) is 19.6. The maximum atomic E-state index is 13.1. The molecular formula is C8H4F3NO3. The Bertz CT molecular complexity index is 459. The number of benzene rings is 1. The van der Waals surface area contributed by atoms with Crippen LogP contribution < -0.4 is 0 Å². The summed E-state index contributed by atoms with van der Waals surface area (Å²) < 4.78 is 38.7. The van der Waals surface area contributed by atoms with Crippen molar-refractivity contribution in [2.75, 3.05) is 0 Å². The van der Waals surface area contributed by atoms with Gasteiger partial charge in [0.05, 0.1) is 10.5 Å². The topological polar surface area (TPSA) is 60.2 Å². The third-order valence-electron chi connectivity index (χ3n) is 1.69. The van der Waals surface area contributed by atoms with Gasteiger partial charge in [0.15, 0.2) is 11.6 Å². The standard InChI is InChI=1S/C8H4F3NO3/c1-3(13)4-2-5(9)7(11)8(6(4)10)12(14)15/h2H,1H3. The number of hydrogen-bond donors (Lipinski definition) is 0. The van der Waals surface area contributed by atoms with Crippen molar-refractivity contribution < 1.29 is 22.9 Å². The Kier molecular flexibility index (Phi) is 2.74. The van der Waals surface area contributed by atoms with Gasteiger partial charge in [-0.25, -0.2) is 4.39 Å². The van der Waals surface area contributed by atoms with E-state index in [2.05, 4.69) is 0 Å². The monoisotopic (exact) mass is 219 g/mol. The van der Waals surface area contributed by atoms with Crippen LogP contribution in [0.2, 0.25) is 0 Å². The zero-order valence-electron chi connectivity index (χ0n) is 7.38. The number of carbonyl (C=O) groups excluding carboxylic acids is 1. The van der Waals surface area contributed by atoms with Gasteiger partial charge in [0.2, 0.25) is 11.6 Å². The molecule has 0 saturated carbocycles. The van der Waals surface area contributed by atoms with E-state index < -0.39 is 39.4 Å². The molecule has 0 unspecified atom stereocenters. The van der Waals surface area contributed by atoms with E-state index >= 15 is 0 Å². The molecule has 0 saturated heterocycles. The summed E-state index contributed by atoms with van der Waals surface area (Å²) >= 11 is 0. The molecule has 7 heteroatoms. The average Bonchev–Trinajstić information content (AvgIpc) is 2.10. The van der Waals surface area contributed by atoms with Crippen LogP contribution in [0.5, 0.6) is 0 Å². The molecule has 0 aliphatic rings. The fourth-order valence-electron chi connectivity index (χ4n) is 1.01. The lowest BCUT2D eigenvalue weighted by Crippen LogP contribution is -2.06. The van der Waals surface area contributed by atoms with Crippen molar-refractivity contribution in [2.24, 2.45) is 0 Å². The Morgan fingerprint density at radius 2 is 1.87 bits per heavy atom. The molecule has 80 valence electrons. The van der Waals surface area contributed by atoms with Crippen molar-refractivity contribution in [3.05, 3.63) is 39.2 Å². The van der Waals surface area contributed by atoms with Crippen molar-refractivity contribution in [3.63, 3.8) is 0 Å². The molecule has 1 rings (SSSR count). The highest BCUT2D eigenvalue weighted by molar-refractivity contribution is 5.95. The smallest absolute Gasteiger partial charge is 0.294 e. The molecule has 0 aromatic heterocycles. The first-order chi connectivity index (χ1) is 6.86. The van der Waals surface area contributed by atoms with Crippen molar-refractivity contribution in [2.45, 2.75) is 6.92 Å². The molecular weight excluding hydrogens is 215 g/mol. The molecule has 1 aromatic carbocycles. The van der Waals surface area contributed by atoms with E-state index in [0.717, 1.165) is 6.92 Å². The fourth-order valence-corrected chi connectivity index (χ4v) is 1.01. The summed E-state index contributed by atoms with van der Waals surface area (Å²) in [6, 6.07) is 0.292. The molecule has 0 aliphatic heterocycles. The number of ketones is 1. The predicted octanol–water partition coefficient (Wildman–Crippen LogP) is 2.21. The van der Waals surface area contributed by atoms with Crippen molar-refractivity contribution in [3.8, 4) is 0 Å². The summed E-state index contributed by atoms with van der Waals surface area (Å²) in [7, 11) is 0.